The summed E-state index contributed by atoms with van der Waals surface area (Å²) < 4.78 is 16.8. The van der Waals surface area contributed by atoms with Crippen molar-refractivity contribution in [3.05, 3.63) is 89.5 Å². The van der Waals surface area contributed by atoms with Crippen LogP contribution in [0.2, 0.25) is 0 Å². The van der Waals surface area contributed by atoms with Gasteiger partial charge in [0.2, 0.25) is 5.91 Å². The lowest BCUT2D eigenvalue weighted by atomic mass is 9.85. The molecule has 0 spiro atoms. The molecule has 0 aromatic heterocycles. The van der Waals surface area contributed by atoms with Crippen molar-refractivity contribution in [2.75, 3.05) is 20.8 Å². The van der Waals surface area contributed by atoms with Gasteiger partial charge in [-0.15, -0.1) is 0 Å². The minimum Gasteiger partial charge on any atom is -0.497 e. The minimum atomic E-state index is 0.0639. The number of methoxy groups -OCH3 is 2. The van der Waals surface area contributed by atoms with Gasteiger partial charge in [-0.25, -0.2) is 0 Å². The zero-order chi connectivity index (χ0) is 26.8. The van der Waals surface area contributed by atoms with Crippen LogP contribution in [0.15, 0.2) is 72.8 Å². The molecule has 1 N–H and O–H groups in total. The van der Waals surface area contributed by atoms with Gasteiger partial charge in [-0.05, 0) is 73.6 Å². The van der Waals surface area contributed by atoms with Crippen molar-refractivity contribution in [1.29, 1.82) is 0 Å². The Balaban J connectivity index is 1.71. The van der Waals surface area contributed by atoms with E-state index in [0.29, 0.717) is 18.9 Å². The predicted molar refractivity (Wildman–Crippen MR) is 150 cm³/mol. The van der Waals surface area contributed by atoms with Gasteiger partial charge in [-0.3, -0.25) is 4.79 Å². The van der Waals surface area contributed by atoms with Crippen molar-refractivity contribution < 1.29 is 19.0 Å². The number of hydrogen-bond acceptors (Lipinski definition) is 4. The fourth-order valence-electron chi connectivity index (χ4n) is 4.72. The minimum absolute atomic E-state index is 0.0639. The first-order chi connectivity index (χ1) is 17.8. The van der Waals surface area contributed by atoms with Crippen LogP contribution in [-0.4, -0.2) is 32.8 Å². The molecular formula is C32H41NO4. The molecule has 0 fully saturated rings. The van der Waals surface area contributed by atoms with Gasteiger partial charge in [-0.1, -0.05) is 56.3 Å². The summed E-state index contributed by atoms with van der Waals surface area (Å²) in [5.74, 6) is 3.14. The van der Waals surface area contributed by atoms with Crippen molar-refractivity contribution in [2.45, 2.75) is 58.5 Å². The SMILES string of the molecule is COc1ccc([C@H](CC(=O)NCC[C@@H](c2ccc(OC(C)C)cc2)c2ccccc2OC)C(C)C)cc1. The van der Waals surface area contributed by atoms with Crippen molar-refractivity contribution in [2.24, 2.45) is 5.92 Å². The molecule has 0 radical (unpaired) electrons. The average molecular weight is 504 g/mol. The molecule has 0 bridgehead atoms. The molecular weight excluding hydrogens is 462 g/mol. The molecule has 0 aliphatic rings. The topological polar surface area (TPSA) is 56.8 Å². The molecule has 0 unspecified atom stereocenters. The Hall–Kier alpha value is -3.47. The van der Waals surface area contributed by atoms with Crippen molar-refractivity contribution in [3.63, 3.8) is 0 Å². The molecule has 37 heavy (non-hydrogen) atoms. The highest BCUT2D eigenvalue weighted by molar-refractivity contribution is 5.77. The largest absolute Gasteiger partial charge is 0.497 e. The van der Waals surface area contributed by atoms with Crippen LogP contribution in [0.1, 0.15) is 69.1 Å². The van der Waals surface area contributed by atoms with Gasteiger partial charge in [0.25, 0.3) is 0 Å². The molecule has 0 heterocycles. The van der Waals surface area contributed by atoms with Gasteiger partial charge in [-0.2, -0.15) is 0 Å². The summed E-state index contributed by atoms with van der Waals surface area (Å²) in [5.41, 5.74) is 3.42. The first-order valence-corrected chi connectivity index (χ1v) is 13.1. The highest BCUT2D eigenvalue weighted by Crippen LogP contribution is 2.35. The maximum Gasteiger partial charge on any atom is 0.220 e. The molecule has 5 heteroatoms. The summed E-state index contributed by atoms with van der Waals surface area (Å²) in [6.07, 6.45) is 1.33. The van der Waals surface area contributed by atoms with E-state index in [2.05, 4.69) is 49.5 Å². The van der Waals surface area contributed by atoms with Crippen molar-refractivity contribution in [3.8, 4) is 17.2 Å². The number of ether oxygens (including phenoxy) is 3. The third-order valence-electron chi connectivity index (χ3n) is 6.68. The molecule has 198 valence electrons. The van der Waals surface area contributed by atoms with Crippen LogP contribution in [0.4, 0.5) is 0 Å². The number of nitrogens with one attached hydrogen (secondary N) is 1. The van der Waals surface area contributed by atoms with Crippen LogP contribution >= 0.6 is 0 Å². The van der Waals surface area contributed by atoms with Gasteiger partial charge in [0.05, 0.1) is 20.3 Å². The number of para-hydroxylation sites is 1. The van der Waals surface area contributed by atoms with E-state index in [1.807, 2.05) is 56.3 Å². The van der Waals surface area contributed by atoms with Crippen LogP contribution in [-0.2, 0) is 4.79 Å². The van der Waals surface area contributed by atoms with E-state index >= 15 is 0 Å². The molecule has 2 atom stereocenters. The molecule has 1 amide bonds. The number of amides is 1. The van der Waals surface area contributed by atoms with Crippen molar-refractivity contribution in [1.82, 2.24) is 5.32 Å². The van der Waals surface area contributed by atoms with Gasteiger partial charge < -0.3 is 19.5 Å². The Morgan fingerprint density at radius 3 is 2.00 bits per heavy atom. The quantitative estimate of drug-likeness (QED) is 0.274. The molecule has 3 aromatic rings. The first-order valence-electron chi connectivity index (χ1n) is 13.1. The van der Waals surface area contributed by atoms with Crippen LogP contribution in [0, 0.1) is 5.92 Å². The predicted octanol–water partition coefficient (Wildman–Crippen LogP) is 6.96. The summed E-state index contributed by atoms with van der Waals surface area (Å²) in [6.45, 7) is 8.93. The smallest absolute Gasteiger partial charge is 0.220 e. The molecule has 0 saturated carbocycles. The Morgan fingerprint density at radius 2 is 1.41 bits per heavy atom. The summed E-state index contributed by atoms with van der Waals surface area (Å²) in [4.78, 5) is 13.0. The van der Waals surface area contributed by atoms with Gasteiger partial charge in [0, 0.05) is 24.4 Å². The second kappa shape index (κ2) is 13.7. The molecule has 3 aromatic carbocycles. The fourth-order valence-corrected chi connectivity index (χ4v) is 4.72. The van der Waals surface area contributed by atoms with E-state index in [4.69, 9.17) is 14.2 Å². The van der Waals surface area contributed by atoms with Crippen molar-refractivity contribution >= 4 is 5.91 Å². The first kappa shape index (κ1) is 28.1. The number of carbonyl (C=O) groups excluding carboxylic acids is 1. The summed E-state index contributed by atoms with van der Waals surface area (Å²) >= 11 is 0. The zero-order valence-corrected chi connectivity index (χ0v) is 23.0. The maximum absolute atomic E-state index is 13.0. The second-order valence-electron chi connectivity index (χ2n) is 10.00. The maximum atomic E-state index is 13.0. The Labute approximate surface area is 222 Å². The average Bonchev–Trinajstić information content (AvgIpc) is 2.90. The Kier molecular flexibility index (Phi) is 10.4. The third-order valence-corrected chi connectivity index (χ3v) is 6.68. The van der Waals surface area contributed by atoms with Crippen LogP contribution in [0.25, 0.3) is 0 Å². The van der Waals surface area contributed by atoms with Gasteiger partial charge in [0.1, 0.15) is 17.2 Å². The second-order valence-corrected chi connectivity index (χ2v) is 10.00. The van der Waals surface area contributed by atoms with E-state index in [0.717, 1.165) is 40.4 Å². The molecule has 3 rings (SSSR count). The number of hydrogen-bond donors (Lipinski definition) is 1. The van der Waals surface area contributed by atoms with Gasteiger partial charge in [0.15, 0.2) is 0 Å². The molecule has 0 aliphatic carbocycles. The Bertz CT molecular complexity index is 1110. The highest BCUT2D eigenvalue weighted by Gasteiger charge is 2.22. The Morgan fingerprint density at radius 1 is 0.784 bits per heavy atom. The van der Waals surface area contributed by atoms with E-state index in [1.165, 1.54) is 0 Å². The standard InChI is InChI=1S/C32H41NO4/c1-22(2)30(25-11-15-26(35-5)16-12-25)21-32(34)33-20-19-28(29-9-7-8-10-31(29)36-6)24-13-17-27(18-14-24)37-23(3)4/h7-18,22-23,28,30H,19-21H2,1-6H3,(H,33,34)/t28-,30+/m0/s1. The van der Waals surface area contributed by atoms with E-state index in [9.17, 15) is 4.79 Å². The van der Waals surface area contributed by atoms with E-state index < -0.39 is 0 Å². The molecule has 0 saturated heterocycles. The number of carbonyl (C=O) groups is 1. The monoisotopic (exact) mass is 503 g/mol. The third kappa shape index (κ3) is 8.01. The summed E-state index contributed by atoms with van der Waals surface area (Å²) in [5, 5.41) is 3.18. The number of benzene rings is 3. The van der Waals surface area contributed by atoms with E-state index in [1.54, 1.807) is 14.2 Å². The number of rotatable bonds is 13. The summed E-state index contributed by atoms with van der Waals surface area (Å²) in [7, 11) is 3.36. The van der Waals surface area contributed by atoms with E-state index in [-0.39, 0.29) is 23.8 Å². The van der Waals surface area contributed by atoms with Crippen LogP contribution < -0.4 is 19.5 Å². The molecule has 5 nitrogen and oxygen atoms in total. The lowest BCUT2D eigenvalue weighted by molar-refractivity contribution is -0.121. The zero-order valence-electron chi connectivity index (χ0n) is 23.0. The van der Waals surface area contributed by atoms with Gasteiger partial charge >= 0.3 is 0 Å². The lowest BCUT2D eigenvalue weighted by Crippen LogP contribution is -2.28. The van der Waals surface area contributed by atoms with Crippen LogP contribution in [0.3, 0.4) is 0 Å². The molecule has 0 aliphatic heterocycles. The normalized spacial score (nSPS) is 12.8. The lowest BCUT2D eigenvalue weighted by Gasteiger charge is -2.23. The summed E-state index contributed by atoms with van der Waals surface area (Å²) in [6, 6.07) is 24.4. The van der Waals surface area contributed by atoms with Crippen LogP contribution in [0.5, 0.6) is 17.2 Å². The highest BCUT2D eigenvalue weighted by atomic mass is 16.5. The fraction of sp³-hybridized carbons (Fsp3) is 0.406.